The first-order valence-corrected chi connectivity index (χ1v) is 17.4. The molecule has 0 N–H and O–H groups in total. The fourth-order valence-corrected chi connectivity index (χ4v) is 7.20. The summed E-state index contributed by atoms with van der Waals surface area (Å²) >= 11 is 0. The Morgan fingerprint density at radius 1 is 0.423 bits per heavy atom. The SMILES string of the molecule is Cc1cc(-c2ccc3cc(N(c4ccc5nc(-c6ccccc6)oc5c4)c4ccc5nc(-c6ccccc6)oc5c4)ccc3c2)c2ccccc2c1. The van der Waals surface area contributed by atoms with Gasteiger partial charge < -0.3 is 13.7 Å². The molecule has 10 aromatic rings. The minimum Gasteiger partial charge on any atom is -0.436 e. The summed E-state index contributed by atoms with van der Waals surface area (Å²) in [5, 5.41) is 4.82. The molecule has 0 amide bonds. The molecular weight excluding hydrogens is 639 g/mol. The van der Waals surface area contributed by atoms with Crippen molar-refractivity contribution in [3.63, 3.8) is 0 Å². The molecule has 8 aromatic carbocycles. The summed E-state index contributed by atoms with van der Waals surface area (Å²) in [6, 6.07) is 58.9. The summed E-state index contributed by atoms with van der Waals surface area (Å²) < 4.78 is 12.7. The van der Waals surface area contributed by atoms with Crippen LogP contribution in [0.5, 0.6) is 0 Å². The monoisotopic (exact) mass is 669 g/mol. The Morgan fingerprint density at radius 3 is 1.62 bits per heavy atom. The first-order valence-electron chi connectivity index (χ1n) is 17.4. The zero-order valence-electron chi connectivity index (χ0n) is 28.3. The van der Waals surface area contributed by atoms with E-state index >= 15 is 0 Å². The van der Waals surface area contributed by atoms with Crippen molar-refractivity contribution in [2.45, 2.75) is 6.92 Å². The highest BCUT2D eigenvalue weighted by Crippen LogP contribution is 2.41. The van der Waals surface area contributed by atoms with Crippen LogP contribution in [-0.2, 0) is 0 Å². The van der Waals surface area contributed by atoms with Crippen molar-refractivity contribution >= 4 is 60.8 Å². The van der Waals surface area contributed by atoms with Crippen LogP contribution in [-0.4, -0.2) is 9.97 Å². The minimum absolute atomic E-state index is 0.596. The van der Waals surface area contributed by atoms with Gasteiger partial charge in [0.25, 0.3) is 0 Å². The van der Waals surface area contributed by atoms with Gasteiger partial charge in [-0.2, -0.15) is 0 Å². The van der Waals surface area contributed by atoms with Gasteiger partial charge in [-0.15, -0.1) is 0 Å². The number of hydrogen-bond acceptors (Lipinski definition) is 5. The zero-order chi connectivity index (χ0) is 34.6. The number of fused-ring (bicyclic) bond motifs is 4. The molecule has 2 aromatic heterocycles. The molecule has 0 aliphatic heterocycles. The van der Waals surface area contributed by atoms with Crippen molar-refractivity contribution in [3.05, 3.63) is 175 Å². The molecule has 0 spiro atoms. The lowest BCUT2D eigenvalue weighted by atomic mass is 9.94. The van der Waals surface area contributed by atoms with Gasteiger partial charge in [-0.3, -0.25) is 0 Å². The van der Waals surface area contributed by atoms with Crippen molar-refractivity contribution in [1.29, 1.82) is 0 Å². The maximum Gasteiger partial charge on any atom is 0.227 e. The molecule has 5 heteroatoms. The highest BCUT2D eigenvalue weighted by molar-refractivity contribution is 6.00. The van der Waals surface area contributed by atoms with Crippen molar-refractivity contribution < 1.29 is 8.83 Å². The van der Waals surface area contributed by atoms with E-state index in [1.54, 1.807) is 0 Å². The Balaban J connectivity index is 1.10. The van der Waals surface area contributed by atoms with Crippen LogP contribution in [0.2, 0.25) is 0 Å². The first kappa shape index (κ1) is 29.9. The van der Waals surface area contributed by atoms with E-state index in [2.05, 4.69) is 109 Å². The van der Waals surface area contributed by atoms with Gasteiger partial charge in [-0.05, 0) is 112 Å². The van der Waals surface area contributed by atoms with Crippen LogP contribution in [0.1, 0.15) is 5.56 Å². The van der Waals surface area contributed by atoms with Crippen LogP contribution in [0.4, 0.5) is 17.1 Å². The van der Waals surface area contributed by atoms with E-state index in [-0.39, 0.29) is 0 Å². The third kappa shape index (κ3) is 5.27. The molecule has 0 fully saturated rings. The molecule has 246 valence electrons. The first-order chi connectivity index (χ1) is 25.6. The molecule has 0 bridgehead atoms. The molecule has 0 saturated heterocycles. The van der Waals surface area contributed by atoms with E-state index < -0.39 is 0 Å². The number of benzene rings is 8. The van der Waals surface area contributed by atoms with Crippen LogP contribution in [0.15, 0.2) is 179 Å². The quantitative estimate of drug-likeness (QED) is 0.176. The molecule has 0 radical (unpaired) electrons. The van der Waals surface area contributed by atoms with Gasteiger partial charge in [-0.1, -0.05) is 91.0 Å². The molecular formula is C47H31N3O2. The number of rotatable bonds is 6. The van der Waals surface area contributed by atoms with Crippen molar-refractivity contribution in [1.82, 2.24) is 9.97 Å². The normalized spacial score (nSPS) is 11.6. The average Bonchev–Trinajstić information content (AvgIpc) is 3.83. The van der Waals surface area contributed by atoms with E-state index in [0.29, 0.717) is 22.9 Å². The van der Waals surface area contributed by atoms with Gasteiger partial charge in [0.2, 0.25) is 11.8 Å². The highest BCUT2D eigenvalue weighted by atomic mass is 16.4. The second kappa shape index (κ2) is 12.1. The standard InChI is InChI=1S/C47H31N3O2/c1-30-24-35-14-8-9-15-40(35)41(25-30)36-17-16-34-27-37(19-18-33(34)26-36)50(38-20-22-42-44(28-38)51-46(48-42)31-10-4-2-5-11-31)39-21-23-43-45(29-39)52-47(49-43)32-12-6-3-7-13-32/h2-29H,1H3. The van der Waals surface area contributed by atoms with E-state index in [1.807, 2.05) is 72.8 Å². The predicted molar refractivity (Wildman–Crippen MR) is 212 cm³/mol. The average molecular weight is 670 g/mol. The molecule has 0 aliphatic rings. The molecule has 0 aliphatic carbocycles. The van der Waals surface area contributed by atoms with Gasteiger partial charge in [0.05, 0.1) is 0 Å². The van der Waals surface area contributed by atoms with Crippen LogP contribution >= 0.6 is 0 Å². The lowest BCUT2D eigenvalue weighted by Crippen LogP contribution is -2.09. The van der Waals surface area contributed by atoms with Crippen LogP contribution < -0.4 is 4.90 Å². The summed E-state index contributed by atoms with van der Waals surface area (Å²) in [6.07, 6.45) is 0. The van der Waals surface area contributed by atoms with E-state index in [1.165, 1.54) is 32.8 Å². The number of aryl methyl sites for hydroxylation is 1. The largest absolute Gasteiger partial charge is 0.436 e. The summed E-state index contributed by atoms with van der Waals surface area (Å²) in [5.74, 6) is 1.19. The summed E-state index contributed by atoms with van der Waals surface area (Å²) in [4.78, 5) is 11.8. The zero-order valence-corrected chi connectivity index (χ0v) is 28.3. The molecule has 52 heavy (non-hydrogen) atoms. The van der Waals surface area contributed by atoms with Crippen LogP contribution in [0.3, 0.4) is 0 Å². The number of aromatic nitrogens is 2. The lowest BCUT2D eigenvalue weighted by molar-refractivity contribution is 0.620. The fraction of sp³-hybridized carbons (Fsp3) is 0.0213. The molecule has 0 unspecified atom stereocenters. The predicted octanol–water partition coefficient (Wildman–Crippen LogP) is 13.1. The molecule has 10 rings (SSSR count). The summed E-state index contributed by atoms with van der Waals surface area (Å²) in [5.41, 5.74) is 11.5. The molecule has 5 nitrogen and oxygen atoms in total. The maximum absolute atomic E-state index is 6.34. The third-order valence-electron chi connectivity index (χ3n) is 9.70. The van der Waals surface area contributed by atoms with E-state index in [0.717, 1.165) is 44.6 Å². The van der Waals surface area contributed by atoms with Gasteiger partial charge >= 0.3 is 0 Å². The second-order valence-corrected chi connectivity index (χ2v) is 13.2. The second-order valence-electron chi connectivity index (χ2n) is 13.2. The number of anilines is 3. The third-order valence-corrected chi connectivity index (χ3v) is 9.70. The van der Waals surface area contributed by atoms with Crippen molar-refractivity contribution in [2.75, 3.05) is 4.90 Å². The van der Waals surface area contributed by atoms with E-state index in [9.17, 15) is 0 Å². The summed E-state index contributed by atoms with van der Waals surface area (Å²) in [7, 11) is 0. The van der Waals surface area contributed by atoms with E-state index in [4.69, 9.17) is 18.8 Å². The number of hydrogen-bond donors (Lipinski definition) is 0. The fourth-order valence-electron chi connectivity index (χ4n) is 7.20. The van der Waals surface area contributed by atoms with Crippen molar-refractivity contribution in [2.24, 2.45) is 0 Å². The van der Waals surface area contributed by atoms with Gasteiger partial charge in [0.15, 0.2) is 11.2 Å². The Labute approximate surface area is 300 Å². The number of nitrogens with zero attached hydrogens (tertiary/aromatic N) is 3. The maximum atomic E-state index is 6.34. The Kier molecular flexibility index (Phi) is 6.96. The Hall–Kier alpha value is -6.98. The van der Waals surface area contributed by atoms with Crippen LogP contribution in [0, 0.1) is 6.92 Å². The number of oxazole rings is 2. The Morgan fingerprint density at radius 2 is 0.962 bits per heavy atom. The molecule has 2 heterocycles. The summed E-state index contributed by atoms with van der Waals surface area (Å²) in [6.45, 7) is 2.16. The van der Waals surface area contributed by atoms with Gasteiger partial charge in [0.1, 0.15) is 11.0 Å². The van der Waals surface area contributed by atoms with Gasteiger partial charge in [0, 0.05) is 40.3 Å². The lowest BCUT2D eigenvalue weighted by Gasteiger charge is -2.25. The van der Waals surface area contributed by atoms with Crippen LogP contribution in [0.25, 0.3) is 77.8 Å². The van der Waals surface area contributed by atoms with Gasteiger partial charge in [-0.25, -0.2) is 9.97 Å². The van der Waals surface area contributed by atoms with Crippen molar-refractivity contribution in [3.8, 4) is 34.0 Å². The highest BCUT2D eigenvalue weighted by Gasteiger charge is 2.19. The Bertz CT molecular complexity index is 2810. The minimum atomic E-state index is 0.596. The smallest absolute Gasteiger partial charge is 0.227 e. The molecule has 0 saturated carbocycles. The molecule has 0 atom stereocenters. The topological polar surface area (TPSA) is 55.3 Å².